The number of amides is 2. The van der Waals surface area contributed by atoms with Crippen molar-refractivity contribution in [2.45, 2.75) is 25.4 Å². The number of sulfone groups is 1. The van der Waals surface area contributed by atoms with E-state index in [4.69, 9.17) is 4.74 Å². The van der Waals surface area contributed by atoms with Crippen LogP contribution in [-0.4, -0.2) is 77.1 Å². The molecule has 2 N–H and O–H groups in total. The molecular weight excluding hydrogens is 575 g/mol. The quantitative estimate of drug-likeness (QED) is 0.315. The Kier molecular flexibility index (Phi) is 7.57. The van der Waals surface area contributed by atoms with E-state index in [1.54, 1.807) is 47.3 Å². The fourth-order valence-corrected chi connectivity index (χ4v) is 6.73. The lowest BCUT2D eigenvalue weighted by molar-refractivity contribution is -0.131. The summed E-state index contributed by atoms with van der Waals surface area (Å²) in [6, 6.07) is 9.93. The molecule has 0 aliphatic carbocycles. The minimum absolute atomic E-state index is 0.0747. The summed E-state index contributed by atoms with van der Waals surface area (Å²) >= 11 is 0. The number of H-pyrrole nitrogens is 1. The van der Waals surface area contributed by atoms with Crippen LogP contribution in [0.3, 0.4) is 0 Å². The van der Waals surface area contributed by atoms with Crippen LogP contribution in [0.15, 0.2) is 66.4 Å². The molecule has 43 heavy (non-hydrogen) atoms. The second-order valence-corrected chi connectivity index (χ2v) is 12.4. The first-order valence-electron chi connectivity index (χ1n) is 13.7. The summed E-state index contributed by atoms with van der Waals surface area (Å²) in [7, 11) is -1.82. The largest absolute Gasteiger partial charge is 0.496 e. The molecule has 0 fully saturated rings. The summed E-state index contributed by atoms with van der Waals surface area (Å²) in [5.41, 5.74) is 2.50. The molecule has 2 aromatic heterocycles. The number of ether oxygens (including phenoxy) is 1. The van der Waals surface area contributed by atoms with Crippen molar-refractivity contribution in [3.8, 4) is 16.9 Å². The molecule has 0 saturated carbocycles. The number of carbonyl (C=O) groups is 2. The summed E-state index contributed by atoms with van der Waals surface area (Å²) in [5.74, 6) is -0.853. The Bertz CT molecular complexity index is 1880. The van der Waals surface area contributed by atoms with Crippen molar-refractivity contribution in [3.63, 3.8) is 0 Å². The summed E-state index contributed by atoms with van der Waals surface area (Å²) < 4.78 is 47.1. The third-order valence-electron chi connectivity index (χ3n) is 7.62. The Morgan fingerprint density at radius 2 is 2.02 bits per heavy atom. The van der Waals surface area contributed by atoms with E-state index in [1.807, 2.05) is 24.3 Å². The van der Waals surface area contributed by atoms with E-state index in [2.05, 4.69) is 20.6 Å². The van der Waals surface area contributed by atoms with Crippen molar-refractivity contribution in [1.29, 1.82) is 0 Å². The zero-order valence-electron chi connectivity index (χ0n) is 23.3. The van der Waals surface area contributed by atoms with Crippen molar-refractivity contribution in [3.05, 3.63) is 83.4 Å². The summed E-state index contributed by atoms with van der Waals surface area (Å²) in [6.07, 6.45) is 7.38. The molecule has 222 valence electrons. The molecule has 13 heteroatoms. The number of hydrogen-bond acceptors (Lipinski definition) is 7. The zero-order chi connectivity index (χ0) is 30.1. The molecule has 4 aromatic rings. The third-order valence-corrected chi connectivity index (χ3v) is 9.01. The third kappa shape index (κ3) is 5.80. The van der Waals surface area contributed by atoms with Crippen LogP contribution in [0.2, 0.25) is 0 Å². The summed E-state index contributed by atoms with van der Waals surface area (Å²) in [4.78, 5) is 30.8. The Morgan fingerprint density at radius 3 is 2.77 bits per heavy atom. The van der Waals surface area contributed by atoms with Crippen molar-refractivity contribution < 1.29 is 27.1 Å². The van der Waals surface area contributed by atoms with Crippen LogP contribution < -0.4 is 10.1 Å². The Labute approximate surface area is 246 Å². The van der Waals surface area contributed by atoms with Gasteiger partial charge in [-0.1, -0.05) is 29.5 Å². The molecule has 2 aliphatic heterocycles. The number of fused-ring (bicyclic) bond motifs is 1. The first-order valence-corrected chi connectivity index (χ1v) is 15.5. The number of halogens is 1. The number of hydrogen-bond donors (Lipinski definition) is 2. The molecule has 0 bridgehead atoms. The highest BCUT2D eigenvalue weighted by Gasteiger charge is 2.27. The number of aromatic nitrogens is 4. The standard InChI is InChI=1S/C30H29FN6O5S/c1-42-26-7-3-2-6-21(26)23-15-22(19-5-4-11-36(17-19)27(38)8-12-37-13-10-32-35-37)28(31)29-24(23)16-25(34-29)30(39)33-20-9-14-43(40,41)18-20/h2-3,5-7,9-10,13-16,20,34H,4,8,11-12,17-18H2,1H3,(H,33,39)/t20-/m1/s1. The Morgan fingerprint density at radius 1 is 1.19 bits per heavy atom. The number of aromatic amines is 1. The topological polar surface area (TPSA) is 139 Å². The molecule has 4 heterocycles. The van der Waals surface area contributed by atoms with E-state index in [9.17, 15) is 18.0 Å². The number of aryl methyl sites for hydroxylation is 1. The molecule has 2 amide bonds. The molecule has 0 saturated heterocycles. The number of methoxy groups -OCH3 is 1. The van der Waals surface area contributed by atoms with Gasteiger partial charge in [-0.3, -0.25) is 14.3 Å². The van der Waals surface area contributed by atoms with Gasteiger partial charge < -0.3 is 19.9 Å². The Hall–Kier alpha value is -4.78. The van der Waals surface area contributed by atoms with Crippen LogP contribution in [0.4, 0.5) is 4.39 Å². The first kappa shape index (κ1) is 28.3. The maximum Gasteiger partial charge on any atom is 0.268 e. The molecule has 0 unspecified atom stereocenters. The molecule has 2 aromatic carbocycles. The number of nitrogens with zero attached hydrogens (tertiary/aromatic N) is 4. The van der Waals surface area contributed by atoms with Crippen LogP contribution >= 0.6 is 0 Å². The van der Waals surface area contributed by atoms with Gasteiger partial charge in [0.2, 0.25) is 5.91 Å². The fraction of sp³-hybridized carbons (Fsp3) is 0.267. The van der Waals surface area contributed by atoms with Crippen LogP contribution in [0, 0.1) is 5.82 Å². The van der Waals surface area contributed by atoms with E-state index in [0.717, 1.165) is 5.41 Å². The van der Waals surface area contributed by atoms with Gasteiger partial charge in [0.15, 0.2) is 15.7 Å². The normalized spacial score (nSPS) is 17.7. The minimum atomic E-state index is -3.37. The highest BCUT2D eigenvalue weighted by Crippen LogP contribution is 2.40. The summed E-state index contributed by atoms with van der Waals surface area (Å²) in [6.45, 7) is 1.13. The van der Waals surface area contributed by atoms with Gasteiger partial charge >= 0.3 is 0 Å². The number of rotatable bonds is 8. The van der Waals surface area contributed by atoms with Gasteiger partial charge in [0, 0.05) is 47.6 Å². The average molecular weight is 605 g/mol. The lowest BCUT2D eigenvalue weighted by atomic mass is 9.93. The molecule has 11 nitrogen and oxygen atoms in total. The Balaban J connectivity index is 1.36. The van der Waals surface area contributed by atoms with Crippen molar-refractivity contribution in [2.24, 2.45) is 0 Å². The second kappa shape index (κ2) is 11.5. The van der Waals surface area contributed by atoms with Gasteiger partial charge in [-0.2, -0.15) is 0 Å². The highest BCUT2D eigenvalue weighted by molar-refractivity contribution is 7.94. The van der Waals surface area contributed by atoms with E-state index >= 15 is 4.39 Å². The molecule has 0 spiro atoms. The number of nitrogens with one attached hydrogen (secondary N) is 2. The maximum atomic E-state index is 16.3. The van der Waals surface area contributed by atoms with Gasteiger partial charge in [0.1, 0.15) is 11.4 Å². The monoisotopic (exact) mass is 604 g/mol. The van der Waals surface area contributed by atoms with Gasteiger partial charge in [-0.25, -0.2) is 12.8 Å². The van der Waals surface area contributed by atoms with Crippen LogP contribution in [0.5, 0.6) is 5.75 Å². The predicted molar refractivity (Wildman–Crippen MR) is 158 cm³/mol. The molecule has 1 atom stereocenters. The highest BCUT2D eigenvalue weighted by atomic mass is 32.2. The molecule has 6 rings (SSSR count). The molecular formula is C30H29FN6O5S. The smallest absolute Gasteiger partial charge is 0.268 e. The average Bonchev–Trinajstić information content (AvgIpc) is 3.77. The van der Waals surface area contributed by atoms with E-state index in [-0.39, 0.29) is 35.8 Å². The van der Waals surface area contributed by atoms with Gasteiger partial charge in [-0.05, 0) is 41.8 Å². The predicted octanol–water partition coefficient (Wildman–Crippen LogP) is 3.32. The molecule has 2 aliphatic rings. The number of benzene rings is 2. The van der Waals surface area contributed by atoms with Gasteiger partial charge in [0.25, 0.3) is 5.91 Å². The SMILES string of the molecule is COc1ccccc1-c1cc(C2=CCCN(C(=O)CCn3ccnn3)C2)c(F)c2[nH]c(C(=O)N[C@@H]3C=CS(=O)(=O)C3)cc12. The van der Waals surface area contributed by atoms with Crippen molar-refractivity contribution in [1.82, 2.24) is 30.2 Å². The fourth-order valence-electron chi connectivity index (χ4n) is 5.49. The van der Waals surface area contributed by atoms with Crippen LogP contribution in [0.1, 0.15) is 28.9 Å². The van der Waals surface area contributed by atoms with Gasteiger partial charge in [-0.15, -0.1) is 5.10 Å². The van der Waals surface area contributed by atoms with E-state index in [0.29, 0.717) is 52.9 Å². The van der Waals surface area contributed by atoms with Crippen LogP contribution in [0.25, 0.3) is 27.6 Å². The van der Waals surface area contributed by atoms with Crippen molar-refractivity contribution in [2.75, 3.05) is 26.0 Å². The minimum Gasteiger partial charge on any atom is -0.496 e. The summed E-state index contributed by atoms with van der Waals surface area (Å²) in [5, 5.41) is 11.9. The maximum absolute atomic E-state index is 16.3. The number of carbonyl (C=O) groups excluding carboxylic acids is 2. The molecule has 0 radical (unpaired) electrons. The lowest BCUT2D eigenvalue weighted by Crippen LogP contribution is -2.36. The first-order chi connectivity index (χ1) is 20.7. The number of para-hydroxylation sites is 1. The van der Waals surface area contributed by atoms with Crippen molar-refractivity contribution >= 4 is 38.1 Å². The van der Waals surface area contributed by atoms with E-state index in [1.165, 1.54) is 6.08 Å². The van der Waals surface area contributed by atoms with Crippen LogP contribution in [-0.2, 0) is 21.2 Å². The van der Waals surface area contributed by atoms with Gasteiger partial charge in [0.05, 0.1) is 37.2 Å². The second-order valence-electron chi connectivity index (χ2n) is 10.4. The zero-order valence-corrected chi connectivity index (χ0v) is 24.1. The van der Waals surface area contributed by atoms with E-state index < -0.39 is 27.6 Å². The lowest BCUT2D eigenvalue weighted by Gasteiger charge is -2.28.